The van der Waals surface area contributed by atoms with E-state index >= 15 is 0 Å². The van der Waals surface area contributed by atoms with E-state index < -0.39 is 0 Å². The van der Waals surface area contributed by atoms with Gasteiger partial charge in [0.1, 0.15) is 0 Å². The summed E-state index contributed by atoms with van der Waals surface area (Å²) >= 11 is 0. The average molecular weight is 261 g/mol. The van der Waals surface area contributed by atoms with E-state index in [2.05, 4.69) is 64.2 Å². The van der Waals surface area contributed by atoms with Gasteiger partial charge in [-0.2, -0.15) is 0 Å². The van der Waals surface area contributed by atoms with E-state index in [-0.39, 0.29) is 11.3 Å². The Balaban J connectivity index is 2.40. The average Bonchev–Trinajstić information content (AvgIpc) is 2.27. The van der Waals surface area contributed by atoms with Crippen LogP contribution in [0.25, 0.3) is 0 Å². The molecule has 0 radical (unpaired) electrons. The number of amides is 1. The van der Waals surface area contributed by atoms with E-state index in [9.17, 15) is 4.79 Å². The van der Waals surface area contributed by atoms with Crippen molar-refractivity contribution in [1.29, 1.82) is 0 Å². The molecule has 0 aliphatic heterocycles. The topological polar surface area (TPSA) is 29.1 Å². The van der Waals surface area contributed by atoms with Gasteiger partial charge in [-0.15, -0.1) is 0 Å². The molecule has 19 heavy (non-hydrogen) atoms. The lowest BCUT2D eigenvalue weighted by molar-refractivity contribution is -0.121. The van der Waals surface area contributed by atoms with Crippen LogP contribution in [-0.4, -0.2) is 12.5 Å². The van der Waals surface area contributed by atoms with Gasteiger partial charge in [0.25, 0.3) is 0 Å². The largest absolute Gasteiger partial charge is 0.356 e. The lowest BCUT2D eigenvalue weighted by Gasteiger charge is -2.19. The third-order valence-electron chi connectivity index (χ3n) is 3.15. The summed E-state index contributed by atoms with van der Waals surface area (Å²) in [7, 11) is 0. The van der Waals surface area contributed by atoms with Crippen LogP contribution < -0.4 is 5.32 Å². The van der Waals surface area contributed by atoms with E-state index in [1.807, 2.05) is 0 Å². The molecule has 1 aromatic carbocycles. The van der Waals surface area contributed by atoms with Gasteiger partial charge in [0, 0.05) is 13.0 Å². The number of rotatable bonds is 5. The molecule has 0 atom stereocenters. The van der Waals surface area contributed by atoms with Crippen molar-refractivity contribution >= 4 is 5.91 Å². The molecule has 1 N–H and O–H groups in total. The van der Waals surface area contributed by atoms with Crippen molar-refractivity contribution < 1.29 is 4.79 Å². The molecule has 2 heteroatoms. The maximum atomic E-state index is 11.5. The molecule has 0 aliphatic carbocycles. The van der Waals surface area contributed by atoms with E-state index in [0.29, 0.717) is 12.3 Å². The number of carbonyl (C=O) groups is 1. The third kappa shape index (κ3) is 5.91. The quantitative estimate of drug-likeness (QED) is 0.860. The molecule has 1 amide bonds. The predicted molar refractivity (Wildman–Crippen MR) is 81.3 cm³/mol. The second-order valence-corrected chi connectivity index (χ2v) is 6.64. The molecule has 2 nitrogen and oxygen atoms in total. The molecule has 1 rings (SSSR count). The standard InChI is InChI=1S/C17H27NO/c1-13(2)12-16(19)18-11-10-14-6-8-15(9-7-14)17(3,4)5/h6-9,13H,10-12H2,1-5H3,(H,18,19). The fraction of sp³-hybridized carbons (Fsp3) is 0.588. The van der Waals surface area contributed by atoms with Gasteiger partial charge in [0.15, 0.2) is 0 Å². The zero-order valence-electron chi connectivity index (χ0n) is 12.9. The van der Waals surface area contributed by atoms with Crippen LogP contribution in [0, 0.1) is 5.92 Å². The zero-order chi connectivity index (χ0) is 14.5. The van der Waals surface area contributed by atoms with Crippen LogP contribution in [0.1, 0.15) is 52.2 Å². The van der Waals surface area contributed by atoms with Crippen LogP contribution in [0.15, 0.2) is 24.3 Å². The minimum Gasteiger partial charge on any atom is -0.356 e. The highest BCUT2D eigenvalue weighted by molar-refractivity contribution is 5.76. The molecule has 0 aliphatic rings. The Kier molecular flexibility index (Phi) is 5.59. The van der Waals surface area contributed by atoms with Gasteiger partial charge in [-0.05, 0) is 28.9 Å². The molecule has 106 valence electrons. The van der Waals surface area contributed by atoms with Crippen molar-refractivity contribution in [3.8, 4) is 0 Å². The fourth-order valence-corrected chi connectivity index (χ4v) is 1.96. The maximum Gasteiger partial charge on any atom is 0.220 e. The summed E-state index contributed by atoms with van der Waals surface area (Å²) in [5.41, 5.74) is 2.82. The van der Waals surface area contributed by atoms with Crippen LogP contribution in [0.4, 0.5) is 0 Å². The molecule has 0 fully saturated rings. The zero-order valence-corrected chi connectivity index (χ0v) is 12.9. The molecule has 0 saturated heterocycles. The molecular formula is C17H27NO. The van der Waals surface area contributed by atoms with Gasteiger partial charge in [-0.3, -0.25) is 4.79 Å². The molecule has 0 heterocycles. The number of carbonyl (C=O) groups excluding carboxylic acids is 1. The van der Waals surface area contributed by atoms with Gasteiger partial charge >= 0.3 is 0 Å². The first-order valence-electron chi connectivity index (χ1n) is 7.15. The van der Waals surface area contributed by atoms with Gasteiger partial charge < -0.3 is 5.32 Å². The Morgan fingerprint density at radius 2 is 1.74 bits per heavy atom. The maximum absolute atomic E-state index is 11.5. The lowest BCUT2D eigenvalue weighted by atomic mass is 9.86. The van der Waals surface area contributed by atoms with Crippen LogP contribution in [0.5, 0.6) is 0 Å². The summed E-state index contributed by atoms with van der Waals surface area (Å²) in [6, 6.07) is 8.70. The van der Waals surface area contributed by atoms with Gasteiger partial charge in [-0.1, -0.05) is 58.9 Å². The van der Waals surface area contributed by atoms with Crippen molar-refractivity contribution in [2.45, 2.75) is 52.9 Å². The smallest absolute Gasteiger partial charge is 0.220 e. The van der Waals surface area contributed by atoms with Crippen LogP contribution in [0.3, 0.4) is 0 Å². The number of benzene rings is 1. The first-order chi connectivity index (χ1) is 8.79. The SMILES string of the molecule is CC(C)CC(=O)NCCc1ccc(C(C)(C)C)cc1. The Labute approximate surface area is 117 Å². The molecular weight excluding hydrogens is 234 g/mol. The summed E-state index contributed by atoms with van der Waals surface area (Å²) in [6.45, 7) is 11.5. The molecule has 0 spiro atoms. The minimum absolute atomic E-state index is 0.154. The van der Waals surface area contributed by atoms with Crippen molar-refractivity contribution in [3.63, 3.8) is 0 Å². The molecule has 0 aromatic heterocycles. The highest BCUT2D eigenvalue weighted by Crippen LogP contribution is 2.22. The Bertz CT molecular complexity index is 398. The predicted octanol–water partition coefficient (Wildman–Crippen LogP) is 3.69. The van der Waals surface area contributed by atoms with E-state index in [1.165, 1.54) is 11.1 Å². The van der Waals surface area contributed by atoms with Gasteiger partial charge in [0.2, 0.25) is 5.91 Å². The molecule has 1 aromatic rings. The Morgan fingerprint density at radius 1 is 1.16 bits per heavy atom. The number of hydrogen-bond acceptors (Lipinski definition) is 1. The first-order valence-corrected chi connectivity index (χ1v) is 7.15. The second-order valence-electron chi connectivity index (χ2n) is 6.64. The van der Waals surface area contributed by atoms with Crippen LogP contribution in [-0.2, 0) is 16.6 Å². The summed E-state index contributed by atoms with van der Waals surface area (Å²) in [4.78, 5) is 11.5. The third-order valence-corrected chi connectivity index (χ3v) is 3.15. The highest BCUT2D eigenvalue weighted by Gasteiger charge is 2.12. The van der Waals surface area contributed by atoms with Gasteiger partial charge in [0.05, 0.1) is 0 Å². The fourth-order valence-electron chi connectivity index (χ4n) is 1.96. The second kappa shape index (κ2) is 6.74. The van der Waals surface area contributed by atoms with Crippen LogP contribution >= 0.6 is 0 Å². The minimum atomic E-state index is 0.154. The van der Waals surface area contributed by atoms with Gasteiger partial charge in [-0.25, -0.2) is 0 Å². The van der Waals surface area contributed by atoms with Crippen molar-refractivity contribution in [1.82, 2.24) is 5.32 Å². The molecule has 0 unspecified atom stereocenters. The van der Waals surface area contributed by atoms with E-state index in [4.69, 9.17) is 0 Å². The first kappa shape index (κ1) is 15.7. The Hall–Kier alpha value is -1.31. The number of nitrogens with one attached hydrogen (secondary N) is 1. The van der Waals surface area contributed by atoms with Crippen molar-refractivity contribution in [2.75, 3.05) is 6.54 Å². The monoisotopic (exact) mass is 261 g/mol. The normalized spacial score (nSPS) is 11.7. The van der Waals surface area contributed by atoms with Crippen LogP contribution in [0.2, 0.25) is 0 Å². The summed E-state index contributed by atoms with van der Waals surface area (Å²) in [5.74, 6) is 0.576. The summed E-state index contributed by atoms with van der Waals surface area (Å²) < 4.78 is 0. The highest BCUT2D eigenvalue weighted by atomic mass is 16.1. The van der Waals surface area contributed by atoms with Crippen molar-refractivity contribution in [3.05, 3.63) is 35.4 Å². The molecule has 0 bridgehead atoms. The van der Waals surface area contributed by atoms with E-state index in [1.54, 1.807) is 0 Å². The van der Waals surface area contributed by atoms with Crippen molar-refractivity contribution in [2.24, 2.45) is 5.92 Å². The Morgan fingerprint density at radius 3 is 2.21 bits per heavy atom. The summed E-state index contributed by atoms with van der Waals surface area (Å²) in [5, 5.41) is 2.97. The lowest BCUT2D eigenvalue weighted by Crippen LogP contribution is -2.26. The summed E-state index contributed by atoms with van der Waals surface area (Å²) in [6.07, 6.45) is 1.51. The number of hydrogen-bond donors (Lipinski definition) is 1. The van der Waals surface area contributed by atoms with E-state index in [0.717, 1.165) is 13.0 Å². The molecule has 0 saturated carbocycles.